The Morgan fingerprint density at radius 3 is 2.62 bits per heavy atom. The van der Waals surface area contributed by atoms with E-state index < -0.39 is 0 Å². The first kappa shape index (κ1) is 14.6. The molecule has 0 spiro atoms. The van der Waals surface area contributed by atoms with E-state index in [1.165, 1.54) is 4.88 Å². The maximum absolute atomic E-state index is 8.92. The van der Waals surface area contributed by atoms with E-state index in [1.54, 1.807) is 11.3 Å². The summed E-state index contributed by atoms with van der Waals surface area (Å²) in [5.41, 5.74) is 0.153. The van der Waals surface area contributed by atoms with Crippen LogP contribution in [0.3, 0.4) is 0 Å². The lowest BCUT2D eigenvalue weighted by molar-refractivity contribution is 0.207. The Morgan fingerprint density at radius 2 is 2.12 bits per heavy atom. The van der Waals surface area contributed by atoms with Crippen molar-refractivity contribution in [2.75, 3.05) is 13.2 Å². The van der Waals surface area contributed by atoms with Crippen LogP contribution in [-0.2, 0) is 6.54 Å². The second-order valence-electron chi connectivity index (χ2n) is 4.58. The molecule has 1 aromatic heterocycles. The van der Waals surface area contributed by atoms with E-state index in [1.807, 2.05) is 0 Å². The van der Waals surface area contributed by atoms with Crippen LogP contribution in [0.15, 0.2) is 14.3 Å². The van der Waals surface area contributed by atoms with E-state index in [-0.39, 0.29) is 12.0 Å². The smallest absolute Gasteiger partial charge is 0.0843 e. The summed E-state index contributed by atoms with van der Waals surface area (Å²) in [5.74, 6) is 0. The van der Waals surface area contributed by atoms with Gasteiger partial charge in [-0.3, -0.25) is 0 Å². The topological polar surface area (TPSA) is 32.3 Å². The van der Waals surface area contributed by atoms with Crippen molar-refractivity contribution < 1.29 is 5.11 Å². The Balaban J connectivity index is 2.35. The van der Waals surface area contributed by atoms with Gasteiger partial charge < -0.3 is 10.4 Å². The van der Waals surface area contributed by atoms with Crippen molar-refractivity contribution in [1.82, 2.24) is 5.32 Å². The highest BCUT2D eigenvalue weighted by molar-refractivity contribution is 9.13. The van der Waals surface area contributed by atoms with Crippen molar-refractivity contribution in [2.24, 2.45) is 5.41 Å². The predicted octanol–water partition coefficient (Wildman–Crippen LogP) is 3.77. The van der Waals surface area contributed by atoms with Gasteiger partial charge in [-0.2, -0.15) is 0 Å². The van der Waals surface area contributed by atoms with Gasteiger partial charge in [0.2, 0.25) is 0 Å². The summed E-state index contributed by atoms with van der Waals surface area (Å²) < 4.78 is 2.25. The van der Waals surface area contributed by atoms with Crippen LogP contribution >= 0.6 is 43.2 Å². The number of aliphatic hydroxyl groups excluding tert-OH is 1. The van der Waals surface area contributed by atoms with E-state index in [9.17, 15) is 0 Å². The molecule has 0 bridgehead atoms. The zero-order valence-electron chi connectivity index (χ0n) is 9.52. The van der Waals surface area contributed by atoms with Gasteiger partial charge in [0.05, 0.1) is 3.79 Å². The molecule has 2 nitrogen and oxygen atoms in total. The third-order valence-electron chi connectivity index (χ3n) is 2.39. The first-order valence-corrected chi connectivity index (χ1v) is 7.60. The minimum absolute atomic E-state index is 0.153. The third kappa shape index (κ3) is 4.84. The maximum Gasteiger partial charge on any atom is 0.0843 e. The molecule has 0 saturated heterocycles. The van der Waals surface area contributed by atoms with Crippen LogP contribution in [0, 0.1) is 5.41 Å². The Labute approximate surface area is 118 Å². The Hall–Kier alpha value is 0.580. The predicted molar refractivity (Wildman–Crippen MR) is 76.9 cm³/mol. The van der Waals surface area contributed by atoms with E-state index in [0.29, 0.717) is 0 Å². The van der Waals surface area contributed by atoms with E-state index in [0.717, 1.165) is 27.8 Å². The molecule has 0 radical (unpaired) electrons. The third-order valence-corrected chi connectivity index (χ3v) is 5.64. The molecule has 0 aromatic carbocycles. The van der Waals surface area contributed by atoms with Gasteiger partial charge in [-0.05, 0) is 49.8 Å². The highest BCUT2D eigenvalue weighted by atomic mass is 79.9. The van der Waals surface area contributed by atoms with E-state index >= 15 is 0 Å². The lowest BCUT2D eigenvalue weighted by Crippen LogP contribution is -2.29. The molecule has 1 aromatic rings. The van der Waals surface area contributed by atoms with Gasteiger partial charge in [0.15, 0.2) is 0 Å². The van der Waals surface area contributed by atoms with Crippen LogP contribution in [-0.4, -0.2) is 18.3 Å². The van der Waals surface area contributed by atoms with Crippen LogP contribution in [0.4, 0.5) is 0 Å². The van der Waals surface area contributed by atoms with Crippen molar-refractivity contribution in [1.29, 1.82) is 0 Å². The van der Waals surface area contributed by atoms with Gasteiger partial charge in [-0.1, -0.05) is 13.8 Å². The van der Waals surface area contributed by atoms with E-state index in [2.05, 4.69) is 57.1 Å². The molecule has 2 N–H and O–H groups in total. The molecular weight excluding hydrogens is 354 g/mol. The average Bonchev–Trinajstić information content (AvgIpc) is 2.45. The molecule has 92 valence electrons. The van der Waals surface area contributed by atoms with Gasteiger partial charge in [0.25, 0.3) is 0 Å². The van der Waals surface area contributed by atoms with Crippen molar-refractivity contribution in [2.45, 2.75) is 26.8 Å². The normalized spacial score (nSPS) is 12.1. The zero-order valence-corrected chi connectivity index (χ0v) is 13.5. The molecule has 16 heavy (non-hydrogen) atoms. The zero-order chi connectivity index (χ0) is 12.2. The summed E-state index contributed by atoms with van der Waals surface area (Å²) in [4.78, 5) is 1.30. The number of nitrogens with one attached hydrogen (secondary N) is 1. The second-order valence-corrected chi connectivity index (χ2v) is 7.88. The lowest BCUT2D eigenvalue weighted by Gasteiger charge is -2.23. The highest BCUT2D eigenvalue weighted by Gasteiger charge is 2.16. The van der Waals surface area contributed by atoms with E-state index in [4.69, 9.17) is 5.11 Å². The molecule has 0 atom stereocenters. The fraction of sp³-hybridized carbons (Fsp3) is 0.636. The summed E-state index contributed by atoms with van der Waals surface area (Å²) in [6.45, 7) is 6.38. The Bertz CT molecular complexity index is 319. The SMILES string of the molecule is CC(C)(CCO)CNCc1cc(Br)c(Br)s1. The van der Waals surface area contributed by atoms with Gasteiger partial charge in [0.1, 0.15) is 0 Å². The number of hydrogen-bond acceptors (Lipinski definition) is 3. The molecule has 1 heterocycles. The Morgan fingerprint density at radius 1 is 1.44 bits per heavy atom. The highest BCUT2D eigenvalue weighted by Crippen LogP contribution is 2.32. The second kappa shape index (κ2) is 6.50. The van der Waals surface area contributed by atoms with Gasteiger partial charge in [0, 0.05) is 29.0 Å². The minimum atomic E-state index is 0.153. The molecule has 0 aliphatic heterocycles. The van der Waals surface area contributed by atoms with Gasteiger partial charge in [-0.15, -0.1) is 11.3 Å². The lowest BCUT2D eigenvalue weighted by atomic mass is 9.90. The molecule has 0 aliphatic rings. The van der Waals surface area contributed by atoms with Crippen molar-refractivity contribution in [3.05, 3.63) is 19.2 Å². The number of aliphatic hydroxyl groups is 1. The number of hydrogen-bond donors (Lipinski definition) is 2. The van der Waals surface area contributed by atoms with Crippen LogP contribution in [0.25, 0.3) is 0 Å². The number of rotatable bonds is 6. The monoisotopic (exact) mass is 369 g/mol. The minimum Gasteiger partial charge on any atom is -0.396 e. The molecular formula is C11H17Br2NOS. The van der Waals surface area contributed by atoms with Crippen molar-refractivity contribution >= 4 is 43.2 Å². The quantitative estimate of drug-likeness (QED) is 0.798. The maximum atomic E-state index is 8.92. The summed E-state index contributed by atoms with van der Waals surface area (Å²) in [7, 11) is 0. The molecule has 0 amide bonds. The molecule has 0 unspecified atom stereocenters. The fourth-order valence-corrected chi connectivity index (χ4v) is 3.54. The first-order chi connectivity index (χ1) is 7.44. The van der Waals surface area contributed by atoms with Crippen molar-refractivity contribution in [3.8, 4) is 0 Å². The van der Waals surface area contributed by atoms with Crippen molar-refractivity contribution in [3.63, 3.8) is 0 Å². The standard InChI is InChI=1S/C11H17Br2NOS/c1-11(2,3-4-15)7-14-6-8-5-9(12)10(13)16-8/h5,14-15H,3-4,6-7H2,1-2H3. The largest absolute Gasteiger partial charge is 0.396 e. The van der Waals surface area contributed by atoms with Crippen LogP contribution < -0.4 is 5.32 Å². The van der Waals surface area contributed by atoms with Crippen LogP contribution in [0.1, 0.15) is 25.1 Å². The van der Waals surface area contributed by atoms with Gasteiger partial charge in [-0.25, -0.2) is 0 Å². The van der Waals surface area contributed by atoms with Gasteiger partial charge >= 0.3 is 0 Å². The number of thiophene rings is 1. The molecule has 5 heteroatoms. The summed E-state index contributed by atoms with van der Waals surface area (Å²) in [6, 6.07) is 2.13. The van der Waals surface area contributed by atoms with Crippen LogP contribution in [0.2, 0.25) is 0 Å². The average molecular weight is 371 g/mol. The molecule has 0 aliphatic carbocycles. The fourth-order valence-electron chi connectivity index (χ4n) is 1.39. The molecule has 1 rings (SSSR count). The molecule has 0 fully saturated rings. The summed E-state index contributed by atoms with van der Waals surface area (Å²) in [5, 5.41) is 12.3. The first-order valence-electron chi connectivity index (χ1n) is 5.20. The molecule has 0 saturated carbocycles. The number of halogens is 2. The summed E-state index contributed by atoms with van der Waals surface area (Å²) >= 11 is 8.69. The summed E-state index contributed by atoms with van der Waals surface area (Å²) in [6.07, 6.45) is 0.831. The Kier molecular flexibility index (Phi) is 5.94. The van der Waals surface area contributed by atoms with Crippen LogP contribution in [0.5, 0.6) is 0 Å².